The minimum atomic E-state index is -0.341. The summed E-state index contributed by atoms with van der Waals surface area (Å²) in [6.45, 7) is 1.69. The molecule has 0 fully saturated rings. The van der Waals surface area contributed by atoms with Gasteiger partial charge in [-0.1, -0.05) is 23.7 Å². The Labute approximate surface area is 171 Å². The van der Waals surface area contributed by atoms with Gasteiger partial charge >= 0.3 is 0 Å². The Bertz CT molecular complexity index is 1170. The molecule has 0 saturated carbocycles. The SMILES string of the molecule is Cc1cc(OCC(=O)Nc2ccc(O)c(-c3nc4ccccc4o3)c2)ccc1Cl. The molecule has 1 aromatic heterocycles. The fourth-order valence-electron chi connectivity index (χ4n) is 2.83. The molecule has 0 spiro atoms. The quantitative estimate of drug-likeness (QED) is 0.444. The lowest BCUT2D eigenvalue weighted by Crippen LogP contribution is -2.20. The molecule has 0 aliphatic carbocycles. The molecule has 1 amide bonds. The lowest BCUT2D eigenvalue weighted by Gasteiger charge is -2.10. The van der Waals surface area contributed by atoms with E-state index in [-0.39, 0.29) is 24.2 Å². The number of nitrogens with zero attached hydrogens (tertiary/aromatic N) is 1. The second kappa shape index (κ2) is 7.85. The van der Waals surface area contributed by atoms with Crippen LogP contribution in [-0.2, 0) is 4.79 Å². The Morgan fingerprint density at radius 2 is 2.00 bits per heavy atom. The number of amides is 1. The maximum Gasteiger partial charge on any atom is 0.262 e. The van der Waals surface area contributed by atoms with Gasteiger partial charge in [0, 0.05) is 10.7 Å². The first-order valence-electron chi connectivity index (χ1n) is 8.87. The average molecular weight is 409 g/mol. The Kier molecular flexibility index (Phi) is 5.10. The van der Waals surface area contributed by atoms with Gasteiger partial charge in [0.2, 0.25) is 5.89 Å². The van der Waals surface area contributed by atoms with Crippen LogP contribution < -0.4 is 10.1 Å². The maximum absolute atomic E-state index is 12.2. The number of aromatic hydroxyl groups is 1. The van der Waals surface area contributed by atoms with E-state index in [2.05, 4.69) is 10.3 Å². The van der Waals surface area contributed by atoms with Crippen molar-refractivity contribution in [2.24, 2.45) is 0 Å². The molecule has 7 heteroatoms. The molecule has 6 nitrogen and oxygen atoms in total. The molecule has 1 heterocycles. The molecule has 29 heavy (non-hydrogen) atoms. The molecule has 0 bridgehead atoms. The number of fused-ring (bicyclic) bond motifs is 1. The second-order valence-corrected chi connectivity index (χ2v) is 6.87. The summed E-state index contributed by atoms with van der Waals surface area (Å²) in [5.74, 6) is 0.488. The van der Waals surface area contributed by atoms with Gasteiger partial charge in [-0.05, 0) is 61.0 Å². The number of halogens is 1. The summed E-state index contributed by atoms with van der Waals surface area (Å²) in [6.07, 6.45) is 0. The standard InChI is InChI=1S/C22H17ClN2O4/c1-13-10-15(7-8-17(13)23)28-12-21(27)24-14-6-9-19(26)16(11-14)22-25-18-4-2-3-5-20(18)29-22/h2-11,26H,12H2,1H3,(H,24,27). The monoisotopic (exact) mass is 408 g/mol. The minimum Gasteiger partial charge on any atom is -0.507 e. The van der Waals surface area contributed by atoms with Gasteiger partial charge in [-0.25, -0.2) is 4.98 Å². The van der Waals surface area contributed by atoms with Crippen molar-refractivity contribution in [3.63, 3.8) is 0 Å². The van der Waals surface area contributed by atoms with Crippen molar-refractivity contribution in [1.82, 2.24) is 4.98 Å². The molecular formula is C22H17ClN2O4. The van der Waals surface area contributed by atoms with Crippen LogP contribution >= 0.6 is 11.6 Å². The van der Waals surface area contributed by atoms with Gasteiger partial charge in [-0.15, -0.1) is 0 Å². The first kappa shape index (κ1) is 18.8. The molecule has 4 rings (SSSR count). The van der Waals surface area contributed by atoms with Crippen molar-refractivity contribution in [3.05, 3.63) is 71.2 Å². The summed E-state index contributed by atoms with van der Waals surface area (Å²) in [5, 5.41) is 13.6. The topological polar surface area (TPSA) is 84.6 Å². The van der Waals surface area contributed by atoms with Crippen molar-refractivity contribution >= 4 is 34.3 Å². The number of anilines is 1. The van der Waals surface area contributed by atoms with Crippen LogP contribution in [0.2, 0.25) is 5.02 Å². The highest BCUT2D eigenvalue weighted by Gasteiger charge is 2.14. The zero-order valence-electron chi connectivity index (χ0n) is 15.5. The zero-order valence-corrected chi connectivity index (χ0v) is 16.2. The summed E-state index contributed by atoms with van der Waals surface area (Å²) < 4.78 is 11.2. The number of carbonyl (C=O) groups excluding carboxylic acids is 1. The van der Waals surface area contributed by atoms with E-state index in [4.69, 9.17) is 20.8 Å². The smallest absolute Gasteiger partial charge is 0.262 e. The highest BCUT2D eigenvalue weighted by atomic mass is 35.5. The van der Waals surface area contributed by atoms with Crippen LogP contribution in [0.15, 0.2) is 65.1 Å². The third kappa shape index (κ3) is 4.17. The highest BCUT2D eigenvalue weighted by molar-refractivity contribution is 6.31. The molecule has 0 atom stereocenters. The Balaban J connectivity index is 1.48. The number of ether oxygens (including phenoxy) is 1. The Morgan fingerprint density at radius 1 is 1.17 bits per heavy atom. The van der Waals surface area contributed by atoms with E-state index in [0.717, 1.165) is 5.56 Å². The molecule has 0 aliphatic rings. The van der Waals surface area contributed by atoms with Crippen LogP contribution in [0, 0.1) is 6.92 Å². The highest BCUT2D eigenvalue weighted by Crippen LogP contribution is 2.33. The van der Waals surface area contributed by atoms with Crippen LogP contribution in [0.1, 0.15) is 5.56 Å². The third-order valence-corrected chi connectivity index (χ3v) is 4.73. The first-order valence-corrected chi connectivity index (χ1v) is 9.25. The van der Waals surface area contributed by atoms with Crippen LogP contribution in [0.3, 0.4) is 0 Å². The van der Waals surface area contributed by atoms with Gasteiger partial charge in [0.1, 0.15) is 17.0 Å². The molecule has 3 aromatic carbocycles. The third-order valence-electron chi connectivity index (χ3n) is 4.30. The van der Waals surface area contributed by atoms with E-state index in [9.17, 15) is 9.90 Å². The zero-order chi connectivity index (χ0) is 20.4. The van der Waals surface area contributed by atoms with Crippen molar-refractivity contribution in [2.75, 3.05) is 11.9 Å². The number of aryl methyl sites for hydroxylation is 1. The summed E-state index contributed by atoms with van der Waals surface area (Å²) in [7, 11) is 0. The van der Waals surface area contributed by atoms with Gasteiger partial charge in [-0.2, -0.15) is 0 Å². The number of hydrogen-bond donors (Lipinski definition) is 2. The van der Waals surface area contributed by atoms with Crippen molar-refractivity contribution < 1.29 is 19.1 Å². The lowest BCUT2D eigenvalue weighted by atomic mass is 10.1. The van der Waals surface area contributed by atoms with Crippen molar-refractivity contribution in [2.45, 2.75) is 6.92 Å². The number of para-hydroxylation sites is 2. The number of phenolic OH excluding ortho intramolecular Hbond substituents is 1. The van der Waals surface area contributed by atoms with E-state index in [1.807, 2.05) is 25.1 Å². The van der Waals surface area contributed by atoms with Crippen LogP contribution in [0.5, 0.6) is 11.5 Å². The molecule has 4 aromatic rings. The first-order chi connectivity index (χ1) is 14.0. The van der Waals surface area contributed by atoms with Crippen LogP contribution in [0.4, 0.5) is 5.69 Å². The largest absolute Gasteiger partial charge is 0.507 e. The molecule has 2 N–H and O–H groups in total. The number of aromatic nitrogens is 1. The maximum atomic E-state index is 12.2. The number of oxazole rings is 1. The fourth-order valence-corrected chi connectivity index (χ4v) is 2.94. The van der Waals surface area contributed by atoms with E-state index < -0.39 is 0 Å². The average Bonchev–Trinajstić information content (AvgIpc) is 3.14. The number of phenols is 1. The molecule has 146 valence electrons. The van der Waals surface area contributed by atoms with Gasteiger partial charge in [0.25, 0.3) is 5.91 Å². The molecule has 0 radical (unpaired) electrons. The van der Waals surface area contributed by atoms with E-state index in [0.29, 0.717) is 33.1 Å². The van der Waals surface area contributed by atoms with Crippen molar-refractivity contribution in [1.29, 1.82) is 0 Å². The Hall–Kier alpha value is -3.51. The summed E-state index contributed by atoms with van der Waals surface area (Å²) in [5.41, 5.74) is 3.03. The van der Waals surface area contributed by atoms with E-state index >= 15 is 0 Å². The summed E-state index contributed by atoms with van der Waals surface area (Å²) in [6, 6.07) is 17.2. The number of benzene rings is 3. The molecule has 0 unspecified atom stereocenters. The minimum absolute atomic E-state index is 0.00226. The lowest BCUT2D eigenvalue weighted by molar-refractivity contribution is -0.118. The molecular weight excluding hydrogens is 392 g/mol. The number of hydrogen-bond acceptors (Lipinski definition) is 5. The van der Waals surface area contributed by atoms with Gasteiger partial charge in [0.05, 0.1) is 5.56 Å². The molecule has 0 saturated heterocycles. The van der Waals surface area contributed by atoms with Gasteiger partial charge in [-0.3, -0.25) is 4.79 Å². The molecule has 0 aliphatic heterocycles. The normalized spacial score (nSPS) is 10.8. The predicted octanol–water partition coefficient (Wildman–Crippen LogP) is 5.18. The van der Waals surface area contributed by atoms with Crippen molar-refractivity contribution in [3.8, 4) is 23.0 Å². The van der Waals surface area contributed by atoms with Crippen LogP contribution in [0.25, 0.3) is 22.6 Å². The van der Waals surface area contributed by atoms with Crippen LogP contribution in [-0.4, -0.2) is 22.6 Å². The fraction of sp³-hybridized carbons (Fsp3) is 0.0909. The second-order valence-electron chi connectivity index (χ2n) is 6.47. The number of carbonyl (C=O) groups is 1. The summed E-state index contributed by atoms with van der Waals surface area (Å²) in [4.78, 5) is 16.6. The van der Waals surface area contributed by atoms with Gasteiger partial charge < -0.3 is 19.6 Å². The summed E-state index contributed by atoms with van der Waals surface area (Å²) >= 11 is 5.99. The van der Waals surface area contributed by atoms with E-state index in [1.165, 1.54) is 6.07 Å². The number of nitrogens with one attached hydrogen (secondary N) is 1. The van der Waals surface area contributed by atoms with E-state index in [1.54, 1.807) is 36.4 Å². The Morgan fingerprint density at radius 3 is 2.79 bits per heavy atom. The predicted molar refractivity (Wildman–Crippen MR) is 111 cm³/mol. The number of rotatable bonds is 5. The van der Waals surface area contributed by atoms with Gasteiger partial charge in [0.15, 0.2) is 12.2 Å².